The minimum atomic E-state index is -0.0810. The van der Waals surface area contributed by atoms with Crippen molar-refractivity contribution in [3.05, 3.63) is 59.7 Å². The second-order valence-corrected chi connectivity index (χ2v) is 5.82. The van der Waals surface area contributed by atoms with Gasteiger partial charge in [0, 0.05) is 11.3 Å². The van der Waals surface area contributed by atoms with E-state index in [1.54, 1.807) is 0 Å². The third-order valence-corrected chi connectivity index (χ3v) is 4.11. The molecule has 0 radical (unpaired) electrons. The zero-order valence-electron chi connectivity index (χ0n) is 12.8. The Balaban J connectivity index is 1.63. The SMILES string of the molecule is Cc1ccccc1C(=O)Nc1ccc(OC2CCCC2)cc1. The van der Waals surface area contributed by atoms with Gasteiger partial charge in [0.05, 0.1) is 6.10 Å². The van der Waals surface area contributed by atoms with E-state index in [9.17, 15) is 4.79 Å². The first-order valence-electron chi connectivity index (χ1n) is 7.86. The number of ether oxygens (including phenoxy) is 1. The minimum Gasteiger partial charge on any atom is -0.490 e. The molecule has 3 nitrogen and oxygen atoms in total. The summed E-state index contributed by atoms with van der Waals surface area (Å²) < 4.78 is 5.93. The molecule has 3 rings (SSSR count). The van der Waals surface area contributed by atoms with Gasteiger partial charge in [0.25, 0.3) is 5.91 Å². The molecule has 0 atom stereocenters. The summed E-state index contributed by atoms with van der Waals surface area (Å²) in [6.45, 7) is 1.94. The predicted molar refractivity (Wildman–Crippen MR) is 88.5 cm³/mol. The standard InChI is InChI=1S/C19H21NO2/c1-14-6-2-5-9-18(14)19(21)20-15-10-12-17(13-11-15)22-16-7-3-4-8-16/h2,5-6,9-13,16H,3-4,7-8H2,1H3,(H,20,21). The zero-order chi connectivity index (χ0) is 15.4. The van der Waals surface area contributed by atoms with Crippen molar-refractivity contribution in [2.45, 2.75) is 38.7 Å². The highest BCUT2D eigenvalue weighted by molar-refractivity contribution is 6.05. The van der Waals surface area contributed by atoms with Gasteiger partial charge in [-0.25, -0.2) is 0 Å². The van der Waals surface area contributed by atoms with Gasteiger partial charge in [0.1, 0.15) is 5.75 Å². The number of carbonyl (C=O) groups excluding carboxylic acids is 1. The summed E-state index contributed by atoms with van der Waals surface area (Å²) in [7, 11) is 0. The van der Waals surface area contributed by atoms with Gasteiger partial charge in [0.2, 0.25) is 0 Å². The van der Waals surface area contributed by atoms with E-state index in [1.165, 1.54) is 12.8 Å². The zero-order valence-corrected chi connectivity index (χ0v) is 12.8. The van der Waals surface area contributed by atoms with Crippen molar-refractivity contribution in [3.8, 4) is 5.75 Å². The molecule has 1 N–H and O–H groups in total. The topological polar surface area (TPSA) is 38.3 Å². The number of amides is 1. The van der Waals surface area contributed by atoms with Crippen molar-refractivity contribution in [2.24, 2.45) is 0 Å². The Kier molecular flexibility index (Phi) is 4.42. The number of hydrogen-bond acceptors (Lipinski definition) is 2. The quantitative estimate of drug-likeness (QED) is 0.897. The van der Waals surface area contributed by atoms with Crippen LogP contribution in [0.3, 0.4) is 0 Å². The van der Waals surface area contributed by atoms with E-state index in [2.05, 4.69) is 5.32 Å². The van der Waals surface area contributed by atoms with Crippen molar-refractivity contribution in [1.82, 2.24) is 0 Å². The van der Waals surface area contributed by atoms with Crippen LogP contribution in [-0.2, 0) is 0 Å². The summed E-state index contributed by atoms with van der Waals surface area (Å²) in [6.07, 6.45) is 5.16. The molecule has 0 heterocycles. The van der Waals surface area contributed by atoms with Crippen LogP contribution in [-0.4, -0.2) is 12.0 Å². The maximum Gasteiger partial charge on any atom is 0.255 e. The summed E-state index contributed by atoms with van der Waals surface area (Å²) in [6, 6.07) is 15.2. The molecule has 1 amide bonds. The van der Waals surface area contributed by atoms with Gasteiger partial charge >= 0.3 is 0 Å². The third kappa shape index (κ3) is 3.48. The van der Waals surface area contributed by atoms with E-state index in [0.717, 1.165) is 29.8 Å². The molecule has 0 aliphatic heterocycles. The van der Waals surface area contributed by atoms with Gasteiger partial charge in [-0.1, -0.05) is 18.2 Å². The third-order valence-electron chi connectivity index (χ3n) is 4.11. The fourth-order valence-corrected chi connectivity index (χ4v) is 2.84. The van der Waals surface area contributed by atoms with Crippen LogP contribution in [0.15, 0.2) is 48.5 Å². The Morgan fingerprint density at radius 3 is 2.41 bits per heavy atom. The Labute approximate surface area is 131 Å². The number of nitrogens with one attached hydrogen (secondary N) is 1. The van der Waals surface area contributed by atoms with E-state index >= 15 is 0 Å². The number of benzene rings is 2. The normalized spacial score (nSPS) is 14.8. The van der Waals surface area contributed by atoms with Crippen molar-refractivity contribution < 1.29 is 9.53 Å². The highest BCUT2D eigenvalue weighted by Gasteiger charge is 2.16. The van der Waals surface area contributed by atoms with Crippen LogP contribution in [0.1, 0.15) is 41.6 Å². The van der Waals surface area contributed by atoms with Gasteiger partial charge in [-0.3, -0.25) is 4.79 Å². The second-order valence-electron chi connectivity index (χ2n) is 5.82. The van der Waals surface area contributed by atoms with Crippen LogP contribution in [0.4, 0.5) is 5.69 Å². The minimum absolute atomic E-state index is 0.0810. The average molecular weight is 295 g/mol. The molecule has 1 saturated carbocycles. The monoisotopic (exact) mass is 295 g/mol. The van der Waals surface area contributed by atoms with Gasteiger partial charge < -0.3 is 10.1 Å². The van der Waals surface area contributed by atoms with Crippen molar-refractivity contribution in [3.63, 3.8) is 0 Å². The second kappa shape index (κ2) is 6.65. The largest absolute Gasteiger partial charge is 0.490 e. The maximum atomic E-state index is 12.3. The van der Waals surface area contributed by atoms with Crippen LogP contribution < -0.4 is 10.1 Å². The summed E-state index contributed by atoms with van der Waals surface area (Å²) in [5, 5.41) is 2.93. The molecule has 22 heavy (non-hydrogen) atoms. The first-order valence-corrected chi connectivity index (χ1v) is 7.86. The molecular formula is C19H21NO2. The van der Waals surface area contributed by atoms with Crippen molar-refractivity contribution in [2.75, 3.05) is 5.32 Å². The van der Waals surface area contributed by atoms with Gasteiger partial charge in [-0.15, -0.1) is 0 Å². The van der Waals surface area contributed by atoms with Gasteiger partial charge in [0.15, 0.2) is 0 Å². The number of aryl methyl sites for hydroxylation is 1. The lowest BCUT2D eigenvalue weighted by atomic mass is 10.1. The van der Waals surface area contributed by atoms with E-state index in [4.69, 9.17) is 4.74 Å². The highest BCUT2D eigenvalue weighted by atomic mass is 16.5. The fourth-order valence-electron chi connectivity index (χ4n) is 2.84. The molecule has 0 bridgehead atoms. The average Bonchev–Trinajstić information content (AvgIpc) is 3.02. The predicted octanol–water partition coefficient (Wildman–Crippen LogP) is 4.57. The Morgan fingerprint density at radius 2 is 1.73 bits per heavy atom. The first-order chi connectivity index (χ1) is 10.7. The van der Waals surface area contributed by atoms with Gasteiger partial charge in [-0.2, -0.15) is 0 Å². The molecule has 3 heteroatoms. The molecule has 114 valence electrons. The number of rotatable bonds is 4. The molecule has 0 spiro atoms. The van der Waals surface area contributed by atoms with Crippen molar-refractivity contribution in [1.29, 1.82) is 0 Å². The van der Waals surface area contributed by atoms with Crippen LogP contribution in [0.25, 0.3) is 0 Å². The molecule has 1 fully saturated rings. The molecule has 0 unspecified atom stereocenters. The van der Waals surface area contributed by atoms with Crippen LogP contribution in [0, 0.1) is 6.92 Å². The molecule has 2 aromatic rings. The van der Waals surface area contributed by atoms with E-state index < -0.39 is 0 Å². The summed E-state index contributed by atoms with van der Waals surface area (Å²) in [5.74, 6) is 0.795. The maximum absolute atomic E-state index is 12.3. The molecule has 1 aliphatic carbocycles. The molecular weight excluding hydrogens is 274 g/mol. The number of carbonyl (C=O) groups is 1. The van der Waals surface area contributed by atoms with E-state index in [1.807, 2.05) is 55.5 Å². The van der Waals surface area contributed by atoms with E-state index in [-0.39, 0.29) is 5.91 Å². The van der Waals surface area contributed by atoms with Crippen LogP contribution >= 0.6 is 0 Å². The lowest BCUT2D eigenvalue weighted by molar-refractivity contribution is 0.102. The summed E-state index contributed by atoms with van der Waals surface area (Å²) in [5.41, 5.74) is 2.46. The van der Waals surface area contributed by atoms with Crippen molar-refractivity contribution >= 4 is 11.6 Å². The van der Waals surface area contributed by atoms with Crippen LogP contribution in [0.2, 0.25) is 0 Å². The fraction of sp³-hybridized carbons (Fsp3) is 0.316. The Hall–Kier alpha value is -2.29. The lowest BCUT2D eigenvalue weighted by Gasteiger charge is -2.13. The summed E-state index contributed by atoms with van der Waals surface area (Å²) in [4.78, 5) is 12.3. The van der Waals surface area contributed by atoms with E-state index in [0.29, 0.717) is 11.7 Å². The Morgan fingerprint density at radius 1 is 1.05 bits per heavy atom. The molecule has 1 aliphatic rings. The highest BCUT2D eigenvalue weighted by Crippen LogP contribution is 2.25. The summed E-state index contributed by atoms with van der Waals surface area (Å²) >= 11 is 0. The molecule has 2 aromatic carbocycles. The smallest absolute Gasteiger partial charge is 0.255 e. The number of hydrogen-bond donors (Lipinski definition) is 1. The first kappa shape index (κ1) is 14.6. The van der Waals surface area contributed by atoms with Crippen LogP contribution in [0.5, 0.6) is 5.75 Å². The van der Waals surface area contributed by atoms with Gasteiger partial charge in [-0.05, 0) is 68.5 Å². The lowest BCUT2D eigenvalue weighted by Crippen LogP contribution is -2.13. The molecule has 0 aromatic heterocycles. The molecule has 0 saturated heterocycles. The Bertz CT molecular complexity index is 643. The number of anilines is 1.